The van der Waals surface area contributed by atoms with Gasteiger partial charge in [-0.1, -0.05) is 12.1 Å². The normalized spacial score (nSPS) is 14.6. The third kappa shape index (κ3) is 5.48. The van der Waals surface area contributed by atoms with Crippen molar-refractivity contribution in [3.63, 3.8) is 0 Å². The minimum atomic E-state index is -0.295. The lowest BCUT2D eigenvalue weighted by atomic mass is 10.1. The van der Waals surface area contributed by atoms with Gasteiger partial charge >= 0.3 is 0 Å². The van der Waals surface area contributed by atoms with Gasteiger partial charge in [-0.2, -0.15) is 5.10 Å². The summed E-state index contributed by atoms with van der Waals surface area (Å²) in [7, 11) is 2.15. The molecular weight excluding hydrogens is 452 g/mol. The molecule has 4 aromatic heterocycles. The fraction of sp³-hybridized carbons (Fsp3) is 0.296. The number of amides is 1. The molecule has 0 radical (unpaired) electrons. The molecular formula is C27H30N8O. The van der Waals surface area contributed by atoms with Gasteiger partial charge in [0.25, 0.3) is 5.91 Å². The average Bonchev–Trinajstić information content (AvgIpc) is 3.32. The minimum absolute atomic E-state index is 0.295. The molecule has 5 heterocycles. The molecule has 9 nitrogen and oxygen atoms in total. The van der Waals surface area contributed by atoms with E-state index >= 15 is 0 Å². The Morgan fingerprint density at radius 1 is 0.972 bits per heavy atom. The van der Waals surface area contributed by atoms with E-state index in [1.165, 1.54) is 0 Å². The second-order valence-corrected chi connectivity index (χ2v) is 9.07. The van der Waals surface area contributed by atoms with Gasteiger partial charge in [-0.15, -0.1) is 0 Å². The Hall–Kier alpha value is -3.95. The highest BCUT2D eigenvalue weighted by molar-refractivity contribution is 6.04. The lowest BCUT2D eigenvalue weighted by molar-refractivity contribution is 0.102. The first-order chi connectivity index (χ1) is 17.6. The largest absolute Gasteiger partial charge is 0.317 e. The van der Waals surface area contributed by atoms with Gasteiger partial charge in [0.05, 0.1) is 23.6 Å². The molecule has 0 saturated carbocycles. The van der Waals surface area contributed by atoms with Crippen molar-refractivity contribution in [2.45, 2.75) is 13.5 Å². The highest BCUT2D eigenvalue weighted by atomic mass is 16.1. The van der Waals surface area contributed by atoms with E-state index in [1.807, 2.05) is 54.2 Å². The second kappa shape index (κ2) is 10.8. The van der Waals surface area contributed by atoms with Crippen LogP contribution in [0.15, 0.2) is 67.3 Å². The van der Waals surface area contributed by atoms with Crippen LogP contribution in [0.3, 0.4) is 0 Å². The molecule has 1 saturated heterocycles. The Bertz CT molecular complexity index is 1310. The number of aromatic nitrogens is 5. The maximum absolute atomic E-state index is 13.3. The van der Waals surface area contributed by atoms with Crippen molar-refractivity contribution in [1.29, 1.82) is 0 Å². The van der Waals surface area contributed by atoms with Crippen molar-refractivity contribution in [2.24, 2.45) is 0 Å². The molecule has 0 spiro atoms. The molecule has 36 heavy (non-hydrogen) atoms. The van der Waals surface area contributed by atoms with Crippen LogP contribution in [0.4, 0.5) is 5.69 Å². The highest BCUT2D eigenvalue weighted by Gasteiger charge is 2.19. The molecule has 1 aliphatic heterocycles. The molecule has 0 atom stereocenters. The molecule has 5 rings (SSSR count). The number of nitrogens with zero attached hydrogens (tertiary/aromatic N) is 7. The molecule has 1 amide bonds. The third-order valence-corrected chi connectivity index (χ3v) is 6.42. The number of carbonyl (C=O) groups is 1. The minimum Gasteiger partial charge on any atom is -0.317 e. The zero-order valence-electron chi connectivity index (χ0n) is 20.6. The number of carbonyl (C=O) groups excluding carboxylic acids is 1. The number of anilines is 1. The van der Waals surface area contributed by atoms with Gasteiger partial charge < -0.3 is 10.2 Å². The monoisotopic (exact) mass is 482 g/mol. The van der Waals surface area contributed by atoms with E-state index < -0.39 is 0 Å². The SMILES string of the molecule is Cc1ccc(C(=O)Nc2cn(CCN3CCN(C)CC3)nc2-c2ccccn2)nc1-c1cccnc1. The van der Waals surface area contributed by atoms with Crippen molar-refractivity contribution in [3.8, 4) is 22.6 Å². The van der Waals surface area contributed by atoms with Crippen LogP contribution in [-0.2, 0) is 6.54 Å². The van der Waals surface area contributed by atoms with Gasteiger partial charge in [-0.05, 0) is 49.9 Å². The number of aryl methyl sites for hydroxylation is 1. The van der Waals surface area contributed by atoms with Crippen LogP contribution < -0.4 is 5.32 Å². The van der Waals surface area contributed by atoms with Gasteiger partial charge in [0.2, 0.25) is 0 Å². The molecule has 0 aromatic carbocycles. The maximum atomic E-state index is 13.3. The molecule has 1 aliphatic rings. The fourth-order valence-electron chi connectivity index (χ4n) is 4.27. The number of pyridine rings is 3. The summed E-state index contributed by atoms with van der Waals surface area (Å²) in [5, 5.41) is 7.81. The van der Waals surface area contributed by atoms with E-state index in [2.05, 4.69) is 37.1 Å². The van der Waals surface area contributed by atoms with Crippen LogP contribution in [0.5, 0.6) is 0 Å². The lowest BCUT2D eigenvalue weighted by Gasteiger charge is -2.32. The van der Waals surface area contributed by atoms with Crippen molar-refractivity contribution in [1.82, 2.24) is 34.5 Å². The van der Waals surface area contributed by atoms with Crippen LogP contribution in [0.25, 0.3) is 22.6 Å². The van der Waals surface area contributed by atoms with E-state index in [-0.39, 0.29) is 5.91 Å². The Morgan fingerprint density at radius 3 is 2.58 bits per heavy atom. The Balaban J connectivity index is 1.38. The quantitative estimate of drug-likeness (QED) is 0.432. The predicted octanol–water partition coefficient (Wildman–Crippen LogP) is 3.21. The van der Waals surface area contributed by atoms with Crippen molar-refractivity contribution in [3.05, 3.63) is 78.5 Å². The van der Waals surface area contributed by atoms with E-state index in [4.69, 9.17) is 5.10 Å². The lowest BCUT2D eigenvalue weighted by Crippen LogP contribution is -2.45. The van der Waals surface area contributed by atoms with Gasteiger partial charge in [-0.3, -0.25) is 24.3 Å². The zero-order valence-corrected chi connectivity index (χ0v) is 20.6. The summed E-state index contributed by atoms with van der Waals surface area (Å²) in [5.74, 6) is -0.295. The summed E-state index contributed by atoms with van der Waals surface area (Å²) < 4.78 is 1.89. The summed E-state index contributed by atoms with van der Waals surface area (Å²) in [4.78, 5) is 31.4. The predicted molar refractivity (Wildman–Crippen MR) is 140 cm³/mol. The van der Waals surface area contributed by atoms with Crippen LogP contribution in [0, 0.1) is 6.92 Å². The van der Waals surface area contributed by atoms with Gasteiger partial charge in [0.15, 0.2) is 0 Å². The number of nitrogens with one attached hydrogen (secondary N) is 1. The first-order valence-corrected chi connectivity index (χ1v) is 12.2. The third-order valence-electron chi connectivity index (χ3n) is 6.42. The number of hydrogen-bond acceptors (Lipinski definition) is 7. The fourth-order valence-corrected chi connectivity index (χ4v) is 4.27. The summed E-state index contributed by atoms with van der Waals surface area (Å²) in [5.41, 5.74) is 4.88. The van der Waals surface area contributed by atoms with Gasteiger partial charge in [0, 0.05) is 63.1 Å². The maximum Gasteiger partial charge on any atom is 0.274 e. The molecule has 1 fully saturated rings. The number of hydrogen-bond donors (Lipinski definition) is 1. The average molecular weight is 483 g/mol. The Labute approximate surface area is 210 Å². The van der Waals surface area contributed by atoms with Crippen LogP contribution in [0.2, 0.25) is 0 Å². The van der Waals surface area contributed by atoms with Crippen LogP contribution in [-0.4, -0.2) is 80.2 Å². The van der Waals surface area contributed by atoms with Crippen LogP contribution >= 0.6 is 0 Å². The summed E-state index contributed by atoms with van der Waals surface area (Å²) in [6, 6.07) is 13.1. The molecule has 1 N–H and O–H groups in total. The summed E-state index contributed by atoms with van der Waals surface area (Å²) in [6.07, 6.45) is 7.08. The summed E-state index contributed by atoms with van der Waals surface area (Å²) in [6.45, 7) is 7.85. The van der Waals surface area contributed by atoms with Crippen molar-refractivity contribution < 1.29 is 4.79 Å². The number of likely N-dealkylation sites (N-methyl/N-ethyl adjacent to an activating group) is 1. The Kier molecular flexibility index (Phi) is 7.11. The standard InChI is InChI=1S/C27H30N8O/c1-20-8-9-23(30-25(20)21-6-5-10-28-18-21)27(36)31-24-19-35(17-16-34-14-12-33(2)13-15-34)32-26(24)22-7-3-4-11-29-22/h3-11,18-19H,12-17H2,1-2H3,(H,31,36). The smallest absolute Gasteiger partial charge is 0.274 e. The highest BCUT2D eigenvalue weighted by Crippen LogP contribution is 2.26. The van der Waals surface area contributed by atoms with E-state index in [0.717, 1.165) is 56.1 Å². The molecule has 4 aromatic rings. The van der Waals surface area contributed by atoms with E-state index in [0.29, 0.717) is 22.8 Å². The second-order valence-electron chi connectivity index (χ2n) is 9.07. The first kappa shape index (κ1) is 23.8. The topological polar surface area (TPSA) is 92.1 Å². The first-order valence-electron chi connectivity index (χ1n) is 12.2. The van der Waals surface area contributed by atoms with Crippen molar-refractivity contribution >= 4 is 11.6 Å². The number of rotatable bonds is 7. The Morgan fingerprint density at radius 2 is 1.83 bits per heavy atom. The summed E-state index contributed by atoms with van der Waals surface area (Å²) >= 11 is 0. The zero-order chi connectivity index (χ0) is 24.9. The molecule has 0 bridgehead atoms. The van der Waals surface area contributed by atoms with Crippen molar-refractivity contribution in [2.75, 3.05) is 45.1 Å². The molecule has 0 unspecified atom stereocenters. The molecule has 9 heteroatoms. The van der Waals surface area contributed by atoms with Crippen LogP contribution in [0.1, 0.15) is 16.1 Å². The molecule has 184 valence electrons. The molecule has 0 aliphatic carbocycles. The van der Waals surface area contributed by atoms with Gasteiger partial charge in [0.1, 0.15) is 11.4 Å². The van der Waals surface area contributed by atoms with E-state index in [1.54, 1.807) is 24.7 Å². The number of piperazine rings is 1. The van der Waals surface area contributed by atoms with E-state index in [9.17, 15) is 4.79 Å². The van der Waals surface area contributed by atoms with Gasteiger partial charge in [-0.25, -0.2) is 4.98 Å².